The molecule has 2 rings (SSSR count). The van der Waals surface area contributed by atoms with Crippen molar-refractivity contribution >= 4 is 35.0 Å². The van der Waals surface area contributed by atoms with Gasteiger partial charge in [-0.3, -0.25) is 0 Å². The number of nitrogens with zero attached hydrogens (tertiary/aromatic N) is 1. The third kappa shape index (κ3) is 2.76. The lowest BCUT2D eigenvalue weighted by molar-refractivity contribution is 1.35. The molecule has 0 aliphatic rings. The fourth-order valence-electron chi connectivity index (χ4n) is 1.34. The van der Waals surface area contributed by atoms with E-state index in [1.165, 1.54) is 11.8 Å². The number of hydrogen-bond donors (Lipinski definition) is 0. The molecule has 0 bridgehead atoms. The maximum atomic E-state index is 9.07. The van der Waals surface area contributed by atoms with Crippen LogP contribution < -0.4 is 0 Å². The van der Waals surface area contributed by atoms with Crippen LogP contribution in [0, 0.1) is 11.3 Å². The van der Waals surface area contributed by atoms with Gasteiger partial charge in [-0.15, -0.1) is 0 Å². The summed E-state index contributed by atoms with van der Waals surface area (Å²) in [6, 6.07) is 15.0. The lowest BCUT2D eigenvalue weighted by Crippen LogP contribution is -1.83. The third-order valence-electron chi connectivity index (χ3n) is 2.14. The normalized spacial score (nSPS) is 9.94. The minimum absolute atomic E-state index is 0.463. The van der Waals surface area contributed by atoms with Crippen LogP contribution in [0.5, 0.6) is 0 Å². The highest BCUT2D eigenvalue weighted by atomic mass is 35.5. The number of hydrogen-bond acceptors (Lipinski definition) is 2. The summed E-state index contributed by atoms with van der Waals surface area (Å²) in [7, 11) is 0. The largest absolute Gasteiger partial charge is 0.192 e. The van der Waals surface area contributed by atoms with Crippen LogP contribution in [0.25, 0.3) is 0 Å². The summed E-state index contributed by atoms with van der Waals surface area (Å²) in [5, 5.41) is 10.2. The van der Waals surface area contributed by atoms with Gasteiger partial charge in [-0.2, -0.15) is 5.26 Å². The first-order chi connectivity index (χ1) is 8.22. The zero-order valence-corrected chi connectivity index (χ0v) is 11.0. The standard InChI is InChI=1S/C13H7Cl2NS/c14-10-5-3-7-12(9(10)8-16)17-13-6-2-1-4-11(13)15/h1-7H. The summed E-state index contributed by atoms with van der Waals surface area (Å²) in [4.78, 5) is 1.72. The molecule has 0 atom stereocenters. The van der Waals surface area contributed by atoms with E-state index < -0.39 is 0 Å². The highest BCUT2D eigenvalue weighted by molar-refractivity contribution is 7.99. The first-order valence-electron chi connectivity index (χ1n) is 4.83. The van der Waals surface area contributed by atoms with Gasteiger partial charge in [-0.05, 0) is 24.3 Å². The maximum Gasteiger partial charge on any atom is 0.102 e. The molecule has 0 N–H and O–H groups in total. The summed E-state index contributed by atoms with van der Waals surface area (Å²) in [5.74, 6) is 0. The van der Waals surface area contributed by atoms with E-state index in [-0.39, 0.29) is 0 Å². The molecule has 0 fully saturated rings. The quantitative estimate of drug-likeness (QED) is 0.771. The molecule has 0 saturated heterocycles. The van der Waals surface area contributed by atoms with Crippen LogP contribution in [0.1, 0.15) is 5.56 Å². The second kappa shape index (κ2) is 5.46. The monoisotopic (exact) mass is 279 g/mol. The minimum Gasteiger partial charge on any atom is -0.192 e. The smallest absolute Gasteiger partial charge is 0.102 e. The minimum atomic E-state index is 0.463. The fraction of sp³-hybridized carbons (Fsp3) is 0. The molecule has 0 amide bonds. The van der Waals surface area contributed by atoms with Crippen LogP contribution in [-0.2, 0) is 0 Å². The van der Waals surface area contributed by atoms with Gasteiger partial charge in [0.25, 0.3) is 0 Å². The zero-order chi connectivity index (χ0) is 12.3. The van der Waals surface area contributed by atoms with Gasteiger partial charge in [0.1, 0.15) is 6.07 Å². The van der Waals surface area contributed by atoms with Crippen molar-refractivity contribution in [3.05, 3.63) is 58.1 Å². The van der Waals surface area contributed by atoms with Crippen molar-refractivity contribution < 1.29 is 0 Å². The van der Waals surface area contributed by atoms with Gasteiger partial charge in [0.2, 0.25) is 0 Å². The molecule has 17 heavy (non-hydrogen) atoms. The molecule has 2 aromatic carbocycles. The van der Waals surface area contributed by atoms with E-state index in [1.807, 2.05) is 36.4 Å². The van der Waals surface area contributed by atoms with Crippen LogP contribution in [0.15, 0.2) is 52.3 Å². The average Bonchev–Trinajstić information content (AvgIpc) is 2.32. The topological polar surface area (TPSA) is 23.8 Å². The number of nitriles is 1. The Bertz CT molecular complexity index is 590. The van der Waals surface area contributed by atoms with Gasteiger partial charge in [0.05, 0.1) is 15.6 Å². The first kappa shape index (κ1) is 12.3. The molecule has 4 heteroatoms. The van der Waals surface area contributed by atoms with Crippen LogP contribution >= 0.6 is 35.0 Å². The van der Waals surface area contributed by atoms with Crippen LogP contribution in [-0.4, -0.2) is 0 Å². The van der Waals surface area contributed by atoms with Gasteiger partial charge in [0, 0.05) is 9.79 Å². The van der Waals surface area contributed by atoms with Crippen LogP contribution in [0.4, 0.5) is 0 Å². The van der Waals surface area contributed by atoms with Crippen molar-refractivity contribution in [3.63, 3.8) is 0 Å². The van der Waals surface area contributed by atoms with Gasteiger partial charge >= 0.3 is 0 Å². The molecular weight excluding hydrogens is 273 g/mol. The Labute approximate surface area is 114 Å². The van der Waals surface area contributed by atoms with E-state index in [1.54, 1.807) is 6.07 Å². The lowest BCUT2D eigenvalue weighted by atomic mass is 10.2. The number of benzene rings is 2. The van der Waals surface area contributed by atoms with E-state index in [0.717, 1.165) is 9.79 Å². The van der Waals surface area contributed by atoms with Gasteiger partial charge in [0.15, 0.2) is 0 Å². The first-order valence-corrected chi connectivity index (χ1v) is 6.40. The third-order valence-corrected chi connectivity index (χ3v) is 4.04. The number of rotatable bonds is 2. The summed E-state index contributed by atoms with van der Waals surface area (Å²) in [6.45, 7) is 0. The Kier molecular flexibility index (Phi) is 3.96. The van der Waals surface area contributed by atoms with Crippen LogP contribution in [0.3, 0.4) is 0 Å². The molecular formula is C13H7Cl2NS. The molecule has 0 heterocycles. The molecule has 0 saturated carbocycles. The summed E-state index contributed by atoms with van der Waals surface area (Å²) in [5.41, 5.74) is 0.485. The Morgan fingerprint density at radius 3 is 2.24 bits per heavy atom. The van der Waals surface area contributed by atoms with Crippen molar-refractivity contribution in [1.82, 2.24) is 0 Å². The van der Waals surface area contributed by atoms with E-state index in [4.69, 9.17) is 28.5 Å². The summed E-state index contributed by atoms with van der Waals surface area (Å²) >= 11 is 13.5. The summed E-state index contributed by atoms with van der Waals surface area (Å²) < 4.78 is 0. The molecule has 0 unspecified atom stereocenters. The van der Waals surface area contributed by atoms with E-state index in [9.17, 15) is 0 Å². The van der Waals surface area contributed by atoms with Gasteiger partial charge in [-0.1, -0.05) is 53.2 Å². The zero-order valence-electron chi connectivity index (χ0n) is 8.65. The Hall–Kier alpha value is -1.14. The van der Waals surface area contributed by atoms with Crippen LogP contribution in [0.2, 0.25) is 10.0 Å². The summed E-state index contributed by atoms with van der Waals surface area (Å²) in [6.07, 6.45) is 0. The second-order valence-electron chi connectivity index (χ2n) is 3.26. The highest BCUT2D eigenvalue weighted by Gasteiger charge is 2.09. The van der Waals surface area contributed by atoms with Crippen molar-refractivity contribution in [2.75, 3.05) is 0 Å². The Balaban J connectivity index is 2.41. The Morgan fingerprint density at radius 1 is 0.882 bits per heavy atom. The number of halogens is 2. The average molecular weight is 280 g/mol. The van der Waals surface area contributed by atoms with E-state index in [0.29, 0.717) is 15.6 Å². The van der Waals surface area contributed by atoms with Crippen molar-refractivity contribution in [3.8, 4) is 6.07 Å². The molecule has 0 aromatic heterocycles. The van der Waals surface area contributed by atoms with Crippen molar-refractivity contribution in [1.29, 1.82) is 5.26 Å². The fourth-order valence-corrected chi connectivity index (χ4v) is 2.82. The molecule has 2 aromatic rings. The Morgan fingerprint density at radius 2 is 1.53 bits per heavy atom. The van der Waals surface area contributed by atoms with E-state index in [2.05, 4.69) is 6.07 Å². The predicted molar refractivity (Wildman–Crippen MR) is 71.7 cm³/mol. The molecule has 0 radical (unpaired) electrons. The molecule has 0 aliphatic heterocycles. The van der Waals surface area contributed by atoms with Crippen molar-refractivity contribution in [2.24, 2.45) is 0 Å². The molecule has 1 nitrogen and oxygen atoms in total. The van der Waals surface area contributed by atoms with E-state index >= 15 is 0 Å². The van der Waals surface area contributed by atoms with Crippen molar-refractivity contribution in [2.45, 2.75) is 9.79 Å². The second-order valence-corrected chi connectivity index (χ2v) is 5.16. The van der Waals surface area contributed by atoms with Gasteiger partial charge in [-0.25, -0.2) is 0 Å². The SMILES string of the molecule is N#Cc1c(Cl)cccc1Sc1ccccc1Cl. The lowest BCUT2D eigenvalue weighted by Gasteiger charge is -2.06. The maximum absolute atomic E-state index is 9.07. The molecule has 0 aliphatic carbocycles. The highest BCUT2D eigenvalue weighted by Crippen LogP contribution is 2.36. The van der Waals surface area contributed by atoms with Gasteiger partial charge < -0.3 is 0 Å². The molecule has 84 valence electrons. The predicted octanol–water partition coefficient (Wildman–Crippen LogP) is 5.02. The molecule has 0 spiro atoms.